The number of hydrogen-bond acceptors (Lipinski definition) is 0. The molecule has 0 aromatic rings. The largest absolute Gasteiger partial charge is 0 e. The van der Waals surface area contributed by atoms with Crippen LogP contribution >= 0.6 is 17.3 Å². The molecule has 0 aliphatic carbocycles. The van der Waals surface area contributed by atoms with E-state index >= 15 is 0 Å². The smallest absolute Gasteiger partial charge is 0 e. The van der Waals surface area contributed by atoms with Gasteiger partial charge < -0.3 is 0 Å². The van der Waals surface area contributed by atoms with E-state index in [1.807, 2.05) is 19.3 Å². The predicted octanol–water partition coefficient (Wildman–Crippen LogP) is 1.28. The molecule has 1 unspecified atom stereocenters. The zero-order valence-corrected chi connectivity index (χ0v) is 6.89. The van der Waals surface area contributed by atoms with Crippen molar-refractivity contribution in [2.45, 2.75) is 0 Å². The first-order valence-corrected chi connectivity index (χ1v) is 5.32. The monoisotopic (exact) mass is 216 g/mol. The second kappa shape index (κ2) is 8.89. The standard InChI is InChI=1S/ClHP.Mo.V/c1-2;;/h2H;;/q-1;+1;. The van der Waals surface area contributed by atoms with Crippen molar-refractivity contribution in [2.75, 3.05) is 0 Å². The first-order valence-electron chi connectivity index (χ1n) is 0.393. The molecule has 1 radical (unpaired) electrons. The summed E-state index contributed by atoms with van der Waals surface area (Å²) in [5.74, 6) is 0. The summed E-state index contributed by atoms with van der Waals surface area (Å²) < 4.78 is 0. The molecule has 0 spiro atoms. The van der Waals surface area contributed by atoms with Crippen molar-refractivity contribution in [1.82, 2.24) is 0 Å². The van der Waals surface area contributed by atoms with E-state index in [0.29, 0.717) is 6.02 Å². The van der Waals surface area contributed by atoms with Crippen molar-refractivity contribution in [3.8, 4) is 0 Å². The molecule has 0 aromatic carbocycles. The van der Waals surface area contributed by atoms with Crippen LogP contribution in [0, 0.1) is 0 Å². The van der Waals surface area contributed by atoms with Gasteiger partial charge in [-0.15, -0.1) is 0 Å². The fourth-order valence-corrected chi connectivity index (χ4v) is 0. The first kappa shape index (κ1) is 9.37. The molecule has 1 atom stereocenters. The van der Waals surface area contributed by atoms with Gasteiger partial charge in [0.15, 0.2) is 0 Å². The van der Waals surface area contributed by atoms with E-state index in [4.69, 9.17) is 11.2 Å². The van der Waals surface area contributed by atoms with Crippen molar-refractivity contribution < 1.29 is 37.9 Å². The number of rotatable bonds is 0. The van der Waals surface area contributed by atoms with Gasteiger partial charge in [0, 0.05) is 18.6 Å². The maximum atomic E-state index is 5.03. The van der Waals surface area contributed by atoms with E-state index in [-0.39, 0.29) is 18.6 Å². The summed E-state index contributed by atoms with van der Waals surface area (Å²) in [6.07, 6.45) is 0. The topological polar surface area (TPSA) is 0 Å². The molecular formula is HClMoPV. The Kier molecular flexibility index (Phi) is 20.8. The van der Waals surface area contributed by atoms with Crippen LogP contribution in [0.2, 0.25) is 0 Å². The van der Waals surface area contributed by atoms with Crippen molar-refractivity contribution in [3.05, 3.63) is 0 Å². The van der Waals surface area contributed by atoms with Gasteiger partial charge in [-0.2, -0.15) is 0 Å². The summed E-state index contributed by atoms with van der Waals surface area (Å²) in [6.45, 7) is 0. The Balaban J connectivity index is 0. The molecule has 0 aromatic heterocycles. The minimum Gasteiger partial charge on any atom is 0 e. The van der Waals surface area contributed by atoms with Crippen molar-refractivity contribution in [2.24, 2.45) is 0 Å². The van der Waals surface area contributed by atoms with Gasteiger partial charge >= 0.3 is 36.6 Å². The van der Waals surface area contributed by atoms with Crippen LogP contribution in [0.1, 0.15) is 0 Å². The zero-order chi connectivity index (χ0) is 2.71. The molecule has 0 nitrogen and oxygen atoms in total. The zero-order valence-electron chi connectivity index (χ0n) is 1.73. The van der Waals surface area contributed by atoms with E-state index in [1.54, 1.807) is 0 Å². The molecule has 0 aliphatic rings. The molecule has 4 heavy (non-hydrogen) atoms. The minimum absolute atomic E-state index is 0. The van der Waals surface area contributed by atoms with Crippen molar-refractivity contribution >= 4 is 17.3 Å². The summed E-state index contributed by atoms with van der Waals surface area (Å²) in [5.41, 5.74) is 0. The van der Waals surface area contributed by atoms with Gasteiger partial charge in [-0.05, 0) is 0 Å². The molecule has 0 amide bonds. The van der Waals surface area contributed by atoms with Crippen LogP contribution in [0.5, 0.6) is 0 Å². The summed E-state index contributed by atoms with van der Waals surface area (Å²) in [5, 5.41) is 0. The second-order valence-electron chi connectivity index (χ2n) is 0.0772. The van der Waals surface area contributed by atoms with Crippen LogP contribution in [-0.2, 0) is 37.9 Å². The maximum Gasteiger partial charge on any atom is 0 e. The molecule has 0 rings (SSSR count). The van der Waals surface area contributed by atoms with Gasteiger partial charge in [0.2, 0.25) is 0 Å². The van der Waals surface area contributed by atoms with Gasteiger partial charge in [-0.3, -0.25) is 0 Å². The van der Waals surface area contributed by atoms with Gasteiger partial charge in [0.25, 0.3) is 0 Å². The quantitative estimate of drug-likeness (QED) is 0.421. The Morgan fingerprint density at radius 2 is 1.75 bits per heavy atom. The Labute approximate surface area is 54.9 Å². The SMILES string of the molecule is Cl[PH][Mo].[V]. The molecule has 0 N–H and O–H groups in total. The molecule has 0 saturated heterocycles. The predicted molar refractivity (Wildman–Crippen MR) is 14.2 cm³/mol. The Morgan fingerprint density at radius 3 is 1.75 bits per heavy atom. The molecule has 0 heterocycles. The third-order valence-corrected chi connectivity index (χ3v) is 0. The summed E-state index contributed by atoms with van der Waals surface area (Å²) in [6, 6.07) is 0.566. The maximum absolute atomic E-state index is 5.03. The first-order chi connectivity index (χ1) is 1.41. The van der Waals surface area contributed by atoms with Crippen LogP contribution in [-0.4, -0.2) is 0 Å². The van der Waals surface area contributed by atoms with Gasteiger partial charge in [-0.25, -0.2) is 0 Å². The van der Waals surface area contributed by atoms with Crippen molar-refractivity contribution in [1.29, 1.82) is 0 Å². The van der Waals surface area contributed by atoms with Crippen LogP contribution in [0.15, 0.2) is 0 Å². The molecule has 24 valence electrons. The number of halogens is 1. The fraction of sp³-hybridized carbons (Fsp3) is 0. The van der Waals surface area contributed by atoms with Crippen molar-refractivity contribution in [3.63, 3.8) is 0 Å². The molecule has 0 bridgehead atoms. The van der Waals surface area contributed by atoms with Crippen LogP contribution in [0.4, 0.5) is 0 Å². The van der Waals surface area contributed by atoms with E-state index in [9.17, 15) is 0 Å². The summed E-state index contributed by atoms with van der Waals surface area (Å²) in [4.78, 5) is 0. The molecular weight excluding hydrogens is 213 g/mol. The Hall–Kier alpha value is 1.99. The summed E-state index contributed by atoms with van der Waals surface area (Å²) in [7, 11) is 0. The van der Waals surface area contributed by atoms with Crippen LogP contribution in [0.25, 0.3) is 0 Å². The molecule has 0 saturated carbocycles. The van der Waals surface area contributed by atoms with E-state index in [0.717, 1.165) is 0 Å². The third kappa shape index (κ3) is 9.01. The minimum atomic E-state index is 0. The average Bonchev–Trinajstić information content (AvgIpc) is 0.918. The third-order valence-electron chi connectivity index (χ3n) is 0. The van der Waals surface area contributed by atoms with Gasteiger partial charge in [-0.1, -0.05) is 0 Å². The van der Waals surface area contributed by atoms with Gasteiger partial charge in [0.1, 0.15) is 0 Å². The van der Waals surface area contributed by atoms with Crippen LogP contribution in [0.3, 0.4) is 0 Å². The molecule has 4 heteroatoms. The van der Waals surface area contributed by atoms with E-state index < -0.39 is 0 Å². The van der Waals surface area contributed by atoms with Crippen LogP contribution < -0.4 is 0 Å². The number of hydrogen-bond donors (Lipinski definition) is 0. The Morgan fingerprint density at radius 1 is 1.75 bits per heavy atom. The molecule has 0 aliphatic heterocycles. The average molecular weight is 214 g/mol. The Bertz CT molecular complexity index is 8.00. The summed E-state index contributed by atoms with van der Waals surface area (Å²) >= 11 is 6.89. The fourth-order valence-electron chi connectivity index (χ4n) is 0. The normalized spacial score (nSPS) is 7.25. The molecule has 0 fully saturated rings. The van der Waals surface area contributed by atoms with E-state index in [2.05, 4.69) is 0 Å². The van der Waals surface area contributed by atoms with Gasteiger partial charge in [0.05, 0.1) is 0 Å². The van der Waals surface area contributed by atoms with E-state index in [1.165, 1.54) is 0 Å². The second-order valence-corrected chi connectivity index (χ2v) is 4.11.